The van der Waals surface area contributed by atoms with Gasteiger partial charge in [0.15, 0.2) is 0 Å². The van der Waals surface area contributed by atoms with Crippen LogP contribution < -0.4 is 5.32 Å². The number of nitrogens with one attached hydrogen (secondary N) is 1. The standard InChI is InChI=1S/C21H27N/c1-21(2,3)19-11-9-17(10-12-19)20-18(13-14-22-20)15-16-7-5-4-6-8-16/h4-12,18,20,22H,13-15H2,1-3H3. The van der Waals surface area contributed by atoms with E-state index in [1.54, 1.807) is 0 Å². The van der Waals surface area contributed by atoms with E-state index in [-0.39, 0.29) is 5.41 Å². The summed E-state index contributed by atoms with van der Waals surface area (Å²) in [7, 11) is 0. The molecule has 2 atom stereocenters. The Hall–Kier alpha value is -1.60. The Balaban J connectivity index is 1.75. The molecule has 0 bridgehead atoms. The maximum absolute atomic E-state index is 3.70. The normalized spacial score (nSPS) is 22.0. The largest absolute Gasteiger partial charge is 0.310 e. The summed E-state index contributed by atoms with van der Waals surface area (Å²) >= 11 is 0. The molecule has 0 amide bonds. The second-order valence-electron chi connectivity index (χ2n) is 7.54. The lowest BCUT2D eigenvalue weighted by Crippen LogP contribution is -2.19. The lowest BCUT2D eigenvalue weighted by Gasteiger charge is -2.23. The first-order chi connectivity index (χ1) is 10.5. The number of hydrogen-bond donors (Lipinski definition) is 1. The van der Waals surface area contributed by atoms with Crippen molar-refractivity contribution in [2.24, 2.45) is 5.92 Å². The maximum atomic E-state index is 3.70. The summed E-state index contributed by atoms with van der Waals surface area (Å²) in [6, 6.07) is 20.6. The Morgan fingerprint density at radius 1 is 0.955 bits per heavy atom. The smallest absolute Gasteiger partial charge is 0.0352 e. The van der Waals surface area contributed by atoms with Crippen LogP contribution in [0.25, 0.3) is 0 Å². The molecule has 0 saturated carbocycles. The Kier molecular flexibility index (Phi) is 4.35. The minimum Gasteiger partial charge on any atom is -0.310 e. The summed E-state index contributed by atoms with van der Waals surface area (Å²) < 4.78 is 0. The highest BCUT2D eigenvalue weighted by molar-refractivity contribution is 5.30. The molecule has 1 nitrogen and oxygen atoms in total. The van der Waals surface area contributed by atoms with Crippen molar-refractivity contribution in [3.63, 3.8) is 0 Å². The van der Waals surface area contributed by atoms with Crippen LogP contribution in [0.15, 0.2) is 54.6 Å². The molecule has 1 heterocycles. The molecule has 0 radical (unpaired) electrons. The van der Waals surface area contributed by atoms with Gasteiger partial charge in [-0.15, -0.1) is 0 Å². The predicted octanol–water partition coefficient (Wildman–Crippen LogP) is 4.88. The van der Waals surface area contributed by atoms with Gasteiger partial charge in [0.1, 0.15) is 0 Å². The Labute approximate surface area is 134 Å². The quantitative estimate of drug-likeness (QED) is 0.850. The van der Waals surface area contributed by atoms with Crippen molar-refractivity contribution in [2.45, 2.75) is 45.1 Å². The monoisotopic (exact) mass is 293 g/mol. The van der Waals surface area contributed by atoms with Gasteiger partial charge in [-0.25, -0.2) is 0 Å². The summed E-state index contributed by atoms with van der Waals surface area (Å²) in [5.74, 6) is 0.697. The fourth-order valence-corrected chi connectivity index (χ4v) is 3.47. The SMILES string of the molecule is CC(C)(C)c1ccc(C2NCCC2Cc2ccccc2)cc1. The van der Waals surface area contributed by atoms with E-state index in [0.29, 0.717) is 12.0 Å². The third-order valence-corrected chi connectivity index (χ3v) is 4.83. The van der Waals surface area contributed by atoms with Crippen LogP contribution >= 0.6 is 0 Å². The zero-order valence-corrected chi connectivity index (χ0v) is 14.0. The van der Waals surface area contributed by atoms with E-state index < -0.39 is 0 Å². The summed E-state index contributed by atoms with van der Waals surface area (Å²) in [6.07, 6.45) is 2.43. The van der Waals surface area contributed by atoms with Gasteiger partial charge in [-0.1, -0.05) is 75.4 Å². The van der Waals surface area contributed by atoms with E-state index in [0.717, 1.165) is 6.54 Å². The first kappa shape index (κ1) is 15.3. The summed E-state index contributed by atoms with van der Waals surface area (Å²) in [6.45, 7) is 7.94. The topological polar surface area (TPSA) is 12.0 Å². The summed E-state index contributed by atoms with van der Waals surface area (Å²) in [4.78, 5) is 0. The molecule has 1 heteroatoms. The minimum absolute atomic E-state index is 0.227. The van der Waals surface area contributed by atoms with Gasteiger partial charge in [-0.3, -0.25) is 0 Å². The van der Waals surface area contributed by atoms with Crippen LogP contribution in [-0.4, -0.2) is 6.54 Å². The van der Waals surface area contributed by atoms with Gasteiger partial charge in [0.05, 0.1) is 0 Å². The second-order valence-corrected chi connectivity index (χ2v) is 7.54. The van der Waals surface area contributed by atoms with E-state index in [1.165, 1.54) is 29.5 Å². The zero-order valence-electron chi connectivity index (χ0n) is 14.0. The molecule has 1 N–H and O–H groups in total. The molecule has 3 rings (SSSR count). The lowest BCUT2D eigenvalue weighted by molar-refractivity contribution is 0.460. The summed E-state index contributed by atoms with van der Waals surface area (Å²) in [5.41, 5.74) is 4.53. The van der Waals surface area contributed by atoms with Crippen molar-refractivity contribution >= 4 is 0 Å². The van der Waals surface area contributed by atoms with Crippen molar-refractivity contribution in [1.82, 2.24) is 5.32 Å². The van der Waals surface area contributed by atoms with E-state index in [4.69, 9.17) is 0 Å². The molecule has 1 fully saturated rings. The van der Waals surface area contributed by atoms with Crippen LogP contribution in [-0.2, 0) is 11.8 Å². The van der Waals surface area contributed by atoms with Gasteiger partial charge in [-0.2, -0.15) is 0 Å². The third kappa shape index (κ3) is 3.41. The van der Waals surface area contributed by atoms with Gasteiger partial charge >= 0.3 is 0 Å². The minimum atomic E-state index is 0.227. The average molecular weight is 293 g/mol. The highest BCUT2D eigenvalue weighted by Gasteiger charge is 2.28. The third-order valence-electron chi connectivity index (χ3n) is 4.83. The first-order valence-corrected chi connectivity index (χ1v) is 8.42. The first-order valence-electron chi connectivity index (χ1n) is 8.42. The van der Waals surface area contributed by atoms with Gasteiger partial charge in [0.25, 0.3) is 0 Å². The second kappa shape index (κ2) is 6.26. The van der Waals surface area contributed by atoms with E-state index >= 15 is 0 Å². The van der Waals surface area contributed by atoms with Crippen LogP contribution in [0.2, 0.25) is 0 Å². The zero-order chi connectivity index (χ0) is 15.6. The van der Waals surface area contributed by atoms with Gasteiger partial charge in [0.2, 0.25) is 0 Å². The number of hydrogen-bond acceptors (Lipinski definition) is 1. The van der Waals surface area contributed by atoms with E-state index in [2.05, 4.69) is 80.7 Å². The predicted molar refractivity (Wildman–Crippen MR) is 94.1 cm³/mol. The fraction of sp³-hybridized carbons (Fsp3) is 0.429. The van der Waals surface area contributed by atoms with Crippen molar-refractivity contribution < 1.29 is 0 Å². The molecule has 1 aliphatic heterocycles. The number of benzene rings is 2. The van der Waals surface area contributed by atoms with E-state index in [1.807, 2.05) is 0 Å². The highest BCUT2D eigenvalue weighted by atomic mass is 14.9. The molecular formula is C21H27N. The molecule has 116 valence electrons. The van der Waals surface area contributed by atoms with Crippen LogP contribution in [0.5, 0.6) is 0 Å². The molecule has 2 unspecified atom stereocenters. The molecular weight excluding hydrogens is 266 g/mol. The van der Waals surface area contributed by atoms with Crippen LogP contribution in [0.3, 0.4) is 0 Å². The summed E-state index contributed by atoms with van der Waals surface area (Å²) in [5, 5.41) is 3.70. The highest BCUT2D eigenvalue weighted by Crippen LogP contribution is 2.33. The van der Waals surface area contributed by atoms with Gasteiger partial charge < -0.3 is 5.32 Å². The Morgan fingerprint density at radius 3 is 2.27 bits per heavy atom. The van der Waals surface area contributed by atoms with Crippen molar-refractivity contribution in [3.05, 3.63) is 71.3 Å². The molecule has 1 aliphatic rings. The molecule has 0 spiro atoms. The Bertz CT molecular complexity index is 592. The molecule has 0 aromatic heterocycles. The van der Waals surface area contributed by atoms with Gasteiger partial charge in [0, 0.05) is 6.04 Å². The van der Waals surface area contributed by atoms with E-state index in [9.17, 15) is 0 Å². The van der Waals surface area contributed by atoms with Crippen molar-refractivity contribution in [2.75, 3.05) is 6.54 Å². The lowest BCUT2D eigenvalue weighted by atomic mass is 9.84. The number of rotatable bonds is 3. The molecule has 22 heavy (non-hydrogen) atoms. The van der Waals surface area contributed by atoms with Crippen LogP contribution in [0.4, 0.5) is 0 Å². The molecule has 1 saturated heterocycles. The fourth-order valence-electron chi connectivity index (χ4n) is 3.47. The van der Waals surface area contributed by atoms with Gasteiger partial charge in [-0.05, 0) is 47.4 Å². The molecule has 2 aromatic carbocycles. The van der Waals surface area contributed by atoms with Crippen molar-refractivity contribution in [3.8, 4) is 0 Å². The average Bonchev–Trinajstić information content (AvgIpc) is 2.96. The molecule has 0 aliphatic carbocycles. The van der Waals surface area contributed by atoms with Crippen LogP contribution in [0, 0.1) is 5.92 Å². The maximum Gasteiger partial charge on any atom is 0.0352 e. The molecule has 2 aromatic rings. The van der Waals surface area contributed by atoms with Crippen LogP contribution in [0.1, 0.15) is 49.9 Å². The van der Waals surface area contributed by atoms with Crippen molar-refractivity contribution in [1.29, 1.82) is 0 Å². The Morgan fingerprint density at radius 2 is 1.64 bits per heavy atom.